The summed E-state index contributed by atoms with van der Waals surface area (Å²) in [6, 6.07) is 2.19. The normalized spacial score (nSPS) is 10.5. The van der Waals surface area contributed by atoms with Crippen LogP contribution in [0.1, 0.15) is 10.4 Å². The standard InChI is InChI=1S/C9H13N5S/c1-6-4-7(5-15-6)2-3-11-9-12-8(10)13-14-9/h4-5H,2-3H2,1H3,(H4,10,11,12,13,14). The van der Waals surface area contributed by atoms with Crippen molar-refractivity contribution < 1.29 is 0 Å². The Bertz CT molecular complexity index is 393. The molecule has 4 N–H and O–H groups in total. The maximum absolute atomic E-state index is 5.40. The topological polar surface area (TPSA) is 79.6 Å². The van der Waals surface area contributed by atoms with Crippen molar-refractivity contribution in [3.8, 4) is 0 Å². The van der Waals surface area contributed by atoms with E-state index >= 15 is 0 Å². The van der Waals surface area contributed by atoms with Crippen molar-refractivity contribution in [3.63, 3.8) is 0 Å². The van der Waals surface area contributed by atoms with Crippen LogP contribution in [0.2, 0.25) is 0 Å². The smallest absolute Gasteiger partial charge is 0.243 e. The van der Waals surface area contributed by atoms with Gasteiger partial charge in [-0.1, -0.05) is 0 Å². The molecule has 0 radical (unpaired) electrons. The van der Waals surface area contributed by atoms with Crippen LogP contribution in [0.25, 0.3) is 0 Å². The summed E-state index contributed by atoms with van der Waals surface area (Å²) in [5, 5.41) is 11.7. The van der Waals surface area contributed by atoms with E-state index in [4.69, 9.17) is 5.73 Å². The van der Waals surface area contributed by atoms with Crippen LogP contribution in [0.4, 0.5) is 11.9 Å². The summed E-state index contributed by atoms with van der Waals surface area (Å²) in [5.74, 6) is 0.892. The van der Waals surface area contributed by atoms with Crippen LogP contribution in [0.15, 0.2) is 11.4 Å². The number of nitrogens with one attached hydrogen (secondary N) is 2. The van der Waals surface area contributed by atoms with E-state index in [1.165, 1.54) is 10.4 Å². The van der Waals surface area contributed by atoms with Gasteiger partial charge in [-0.05, 0) is 30.4 Å². The minimum Gasteiger partial charge on any atom is -0.368 e. The third kappa shape index (κ3) is 2.69. The first-order valence-electron chi connectivity index (χ1n) is 4.70. The lowest BCUT2D eigenvalue weighted by atomic mass is 10.2. The molecule has 2 aromatic heterocycles. The molecule has 15 heavy (non-hydrogen) atoms. The summed E-state index contributed by atoms with van der Waals surface area (Å²) in [5.41, 5.74) is 6.74. The third-order valence-corrected chi connectivity index (χ3v) is 2.89. The van der Waals surface area contributed by atoms with Gasteiger partial charge in [0.05, 0.1) is 0 Å². The van der Waals surface area contributed by atoms with Crippen molar-refractivity contribution in [3.05, 3.63) is 21.9 Å². The van der Waals surface area contributed by atoms with Crippen molar-refractivity contribution >= 4 is 23.2 Å². The Morgan fingerprint density at radius 3 is 3.07 bits per heavy atom. The predicted molar refractivity (Wildman–Crippen MR) is 62.0 cm³/mol. The molecule has 80 valence electrons. The van der Waals surface area contributed by atoms with Crippen molar-refractivity contribution in [1.82, 2.24) is 15.2 Å². The number of H-pyrrole nitrogens is 1. The molecular weight excluding hydrogens is 210 g/mol. The van der Waals surface area contributed by atoms with Crippen LogP contribution in [-0.2, 0) is 6.42 Å². The van der Waals surface area contributed by atoms with Gasteiger partial charge in [0.2, 0.25) is 11.9 Å². The van der Waals surface area contributed by atoms with Gasteiger partial charge in [0.1, 0.15) is 0 Å². The highest BCUT2D eigenvalue weighted by molar-refractivity contribution is 7.10. The van der Waals surface area contributed by atoms with Crippen LogP contribution < -0.4 is 11.1 Å². The number of nitrogens with two attached hydrogens (primary N) is 1. The lowest BCUT2D eigenvalue weighted by molar-refractivity contribution is 0.988. The third-order valence-electron chi connectivity index (χ3n) is 1.98. The van der Waals surface area contributed by atoms with E-state index in [1.54, 1.807) is 11.3 Å². The molecular formula is C9H13N5S. The van der Waals surface area contributed by atoms with Crippen molar-refractivity contribution in [2.45, 2.75) is 13.3 Å². The van der Waals surface area contributed by atoms with Gasteiger partial charge < -0.3 is 11.1 Å². The molecule has 0 unspecified atom stereocenters. The van der Waals surface area contributed by atoms with E-state index in [0.29, 0.717) is 11.9 Å². The number of anilines is 2. The molecule has 0 fully saturated rings. The Hall–Kier alpha value is -1.56. The monoisotopic (exact) mass is 223 g/mol. The van der Waals surface area contributed by atoms with Crippen LogP contribution in [0.5, 0.6) is 0 Å². The predicted octanol–water partition coefficient (Wildman–Crippen LogP) is 1.41. The van der Waals surface area contributed by atoms with Gasteiger partial charge >= 0.3 is 0 Å². The summed E-state index contributed by atoms with van der Waals surface area (Å²) in [6.45, 7) is 2.92. The second-order valence-corrected chi connectivity index (χ2v) is 4.40. The SMILES string of the molecule is Cc1cc(CCNc2n[nH]c(N)n2)cs1. The van der Waals surface area contributed by atoms with Crippen LogP contribution >= 0.6 is 11.3 Å². The first-order chi connectivity index (χ1) is 7.24. The first kappa shape index (κ1) is 9.97. The fourth-order valence-corrected chi connectivity index (χ4v) is 2.04. The number of thiophene rings is 1. The van der Waals surface area contributed by atoms with Crippen molar-refractivity contribution in [1.29, 1.82) is 0 Å². The zero-order valence-corrected chi connectivity index (χ0v) is 9.27. The lowest BCUT2D eigenvalue weighted by Crippen LogP contribution is -2.05. The molecule has 0 amide bonds. The van der Waals surface area contributed by atoms with Gasteiger partial charge in [0.25, 0.3) is 0 Å². The number of rotatable bonds is 4. The van der Waals surface area contributed by atoms with Crippen LogP contribution in [0.3, 0.4) is 0 Å². The average molecular weight is 223 g/mol. The van der Waals surface area contributed by atoms with E-state index in [2.05, 4.69) is 38.9 Å². The molecule has 0 aliphatic rings. The molecule has 6 heteroatoms. The summed E-state index contributed by atoms with van der Waals surface area (Å²) in [4.78, 5) is 5.29. The van der Waals surface area contributed by atoms with Gasteiger partial charge in [0.15, 0.2) is 0 Å². The molecule has 2 heterocycles. The number of hydrogen-bond donors (Lipinski definition) is 3. The average Bonchev–Trinajstić information content (AvgIpc) is 2.76. The Morgan fingerprint density at radius 2 is 2.47 bits per heavy atom. The Morgan fingerprint density at radius 1 is 1.60 bits per heavy atom. The maximum Gasteiger partial charge on any atom is 0.243 e. The summed E-state index contributed by atoms with van der Waals surface area (Å²) >= 11 is 1.77. The van der Waals surface area contributed by atoms with E-state index in [9.17, 15) is 0 Å². The molecule has 0 saturated carbocycles. The number of aryl methyl sites for hydroxylation is 1. The molecule has 0 bridgehead atoms. The van der Waals surface area contributed by atoms with E-state index < -0.39 is 0 Å². The van der Waals surface area contributed by atoms with Gasteiger partial charge in [0, 0.05) is 11.4 Å². The number of hydrogen-bond acceptors (Lipinski definition) is 5. The highest BCUT2D eigenvalue weighted by Gasteiger charge is 1.99. The molecule has 0 spiro atoms. The van der Waals surface area contributed by atoms with Crippen LogP contribution in [0, 0.1) is 6.92 Å². The molecule has 0 aliphatic heterocycles. The summed E-state index contributed by atoms with van der Waals surface area (Å²) in [7, 11) is 0. The number of nitrogens with zero attached hydrogens (tertiary/aromatic N) is 2. The van der Waals surface area contributed by atoms with Gasteiger partial charge in [-0.25, -0.2) is 5.10 Å². The Labute approximate surface area is 91.7 Å². The molecule has 2 rings (SSSR count). The molecule has 2 aromatic rings. The summed E-state index contributed by atoms with van der Waals surface area (Å²) < 4.78 is 0. The fourth-order valence-electron chi connectivity index (χ4n) is 1.30. The molecule has 0 saturated heterocycles. The minimum absolute atomic E-state index is 0.337. The minimum atomic E-state index is 0.337. The molecule has 0 aromatic carbocycles. The van der Waals surface area contributed by atoms with Crippen molar-refractivity contribution in [2.75, 3.05) is 17.6 Å². The number of aromatic nitrogens is 3. The molecule has 0 aliphatic carbocycles. The highest BCUT2D eigenvalue weighted by atomic mass is 32.1. The van der Waals surface area contributed by atoms with Crippen LogP contribution in [-0.4, -0.2) is 21.7 Å². The fraction of sp³-hybridized carbons (Fsp3) is 0.333. The zero-order valence-electron chi connectivity index (χ0n) is 8.45. The molecule has 0 atom stereocenters. The van der Waals surface area contributed by atoms with Gasteiger partial charge in [-0.2, -0.15) is 4.98 Å². The Balaban J connectivity index is 1.80. The largest absolute Gasteiger partial charge is 0.368 e. The highest BCUT2D eigenvalue weighted by Crippen LogP contribution is 2.13. The van der Waals surface area contributed by atoms with E-state index in [1.807, 2.05) is 0 Å². The van der Waals surface area contributed by atoms with Crippen molar-refractivity contribution in [2.24, 2.45) is 0 Å². The summed E-state index contributed by atoms with van der Waals surface area (Å²) in [6.07, 6.45) is 0.971. The van der Waals surface area contributed by atoms with E-state index in [-0.39, 0.29) is 0 Å². The lowest BCUT2D eigenvalue weighted by Gasteiger charge is -1.98. The maximum atomic E-state index is 5.40. The van der Waals surface area contributed by atoms with E-state index in [0.717, 1.165) is 13.0 Å². The Kier molecular flexibility index (Phi) is 2.86. The van der Waals surface area contributed by atoms with Gasteiger partial charge in [-0.15, -0.1) is 16.4 Å². The number of aromatic amines is 1. The first-order valence-corrected chi connectivity index (χ1v) is 5.58. The quantitative estimate of drug-likeness (QED) is 0.732. The number of nitrogen functional groups attached to an aromatic ring is 1. The second-order valence-electron chi connectivity index (χ2n) is 3.29. The van der Waals surface area contributed by atoms with Gasteiger partial charge in [-0.3, -0.25) is 0 Å². The zero-order chi connectivity index (χ0) is 10.7. The second kappa shape index (κ2) is 4.31. The molecule has 5 nitrogen and oxygen atoms in total.